The van der Waals surface area contributed by atoms with Crippen LogP contribution in [0.5, 0.6) is 5.75 Å². The molecule has 1 amide bonds. The molecule has 0 radical (unpaired) electrons. The molecule has 0 atom stereocenters. The smallest absolute Gasteiger partial charge is 0.342 e. The van der Waals surface area contributed by atoms with Gasteiger partial charge in [0.15, 0.2) is 13.2 Å². The molecule has 0 aliphatic heterocycles. The summed E-state index contributed by atoms with van der Waals surface area (Å²) in [6, 6.07) is 19.0. The summed E-state index contributed by atoms with van der Waals surface area (Å²) in [6.45, 7) is -0.695. The van der Waals surface area contributed by atoms with Crippen molar-refractivity contribution in [1.82, 2.24) is 10.1 Å². The molecule has 4 aromatic rings. The van der Waals surface area contributed by atoms with E-state index in [0.29, 0.717) is 10.6 Å². The Labute approximate surface area is 198 Å². The summed E-state index contributed by atoms with van der Waals surface area (Å²) < 4.78 is 29.6. The van der Waals surface area contributed by atoms with Crippen LogP contribution in [0.2, 0.25) is 5.02 Å². The number of esters is 1. The monoisotopic (exact) mass is 481 g/mol. The van der Waals surface area contributed by atoms with Crippen molar-refractivity contribution in [2.24, 2.45) is 0 Å². The van der Waals surface area contributed by atoms with E-state index in [9.17, 15) is 14.0 Å². The van der Waals surface area contributed by atoms with E-state index in [4.69, 9.17) is 25.6 Å². The largest absolute Gasteiger partial charge is 0.483 e. The minimum absolute atomic E-state index is 0.0278. The van der Waals surface area contributed by atoms with Gasteiger partial charge in [-0.1, -0.05) is 53.2 Å². The summed E-state index contributed by atoms with van der Waals surface area (Å²) in [7, 11) is 0. The Kier molecular flexibility index (Phi) is 7.14. The van der Waals surface area contributed by atoms with Crippen molar-refractivity contribution in [2.45, 2.75) is 6.61 Å². The van der Waals surface area contributed by atoms with E-state index >= 15 is 0 Å². The van der Waals surface area contributed by atoms with Gasteiger partial charge in [0.1, 0.15) is 17.1 Å². The van der Waals surface area contributed by atoms with E-state index in [1.54, 1.807) is 42.5 Å². The normalized spacial score (nSPS) is 10.5. The van der Waals surface area contributed by atoms with Gasteiger partial charge in [-0.25, -0.2) is 9.18 Å². The van der Waals surface area contributed by atoms with Gasteiger partial charge >= 0.3 is 5.97 Å². The number of aromatic nitrogens is 2. The Hall–Kier alpha value is -4.24. The number of para-hydroxylation sites is 2. The molecule has 4 rings (SSSR count). The average Bonchev–Trinajstić information content (AvgIpc) is 3.32. The molecule has 1 aromatic heterocycles. The van der Waals surface area contributed by atoms with Crippen LogP contribution in [0.25, 0.3) is 11.5 Å². The predicted octanol–water partition coefficient (Wildman–Crippen LogP) is 4.90. The van der Waals surface area contributed by atoms with E-state index in [2.05, 4.69) is 15.5 Å². The second kappa shape index (κ2) is 10.6. The van der Waals surface area contributed by atoms with Gasteiger partial charge in [-0.15, -0.1) is 0 Å². The molecule has 34 heavy (non-hydrogen) atoms. The van der Waals surface area contributed by atoms with E-state index in [-0.39, 0.29) is 35.3 Å². The van der Waals surface area contributed by atoms with E-state index in [1.165, 1.54) is 30.3 Å². The number of ether oxygens (including phenoxy) is 2. The highest BCUT2D eigenvalue weighted by Crippen LogP contribution is 2.26. The molecule has 0 fully saturated rings. The number of halogens is 2. The SMILES string of the molecule is O=C(COc1ccccc1C(=O)OCc1noc(-c2ccccc2Cl)n1)Nc1ccccc1F. The van der Waals surface area contributed by atoms with Crippen molar-refractivity contribution >= 4 is 29.2 Å². The molecule has 0 bridgehead atoms. The van der Waals surface area contributed by atoms with Crippen LogP contribution < -0.4 is 10.1 Å². The van der Waals surface area contributed by atoms with Crippen LogP contribution in [0, 0.1) is 5.82 Å². The van der Waals surface area contributed by atoms with Crippen molar-refractivity contribution in [3.05, 3.63) is 95.0 Å². The molecule has 0 unspecified atom stereocenters. The fraction of sp³-hybridized carbons (Fsp3) is 0.0833. The lowest BCUT2D eigenvalue weighted by Crippen LogP contribution is -2.21. The molecule has 0 saturated carbocycles. The number of amides is 1. The van der Waals surface area contributed by atoms with Gasteiger partial charge in [0.05, 0.1) is 16.3 Å². The Morgan fingerprint density at radius 1 is 1.00 bits per heavy atom. The third-order valence-corrected chi connectivity index (χ3v) is 4.85. The predicted molar refractivity (Wildman–Crippen MR) is 121 cm³/mol. The van der Waals surface area contributed by atoms with E-state index in [0.717, 1.165) is 0 Å². The number of benzene rings is 3. The summed E-state index contributed by atoms with van der Waals surface area (Å²) in [5.74, 6) is -1.41. The number of hydrogen-bond acceptors (Lipinski definition) is 7. The first-order valence-electron chi connectivity index (χ1n) is 10.0. The fourth-order valence-corrected chi connectivity index (χ4v) is 3.13. The van der Waals surface area contributed by atoms with Crippen LogP contribution >= 0.6 is 11.6 Å². The fourth-order valence-electron chi connectivity index (χ4n) is 2.92. The van der Waals surface area contributed by atoms with Gasteiger partial charge in [0, 0.05) is 0 Å². The Bertz CT molecular complexity index is 1330. The third-order valence-electron chi connectivity index (χ3n) is 4.52. The lowest BCUT2D eigenvalue weighted by Gasteiger charge is -2.11. The molecular formula is C24H17ClFN3O5. The minimum Gasteiger partial charge on any atom is -0.483 e. The highest BCUT2D eigenvalue weighted by atomic mass is 35.5. The van der Waals surface area contributed by atoms with Crippen molar-refractivity contribution in [3.8, 4) is 17.2 Å². The van der Waals surface area contributed by atoms with Crippen molar-refractivity contribution in [2.75, 3.05) is 11.9 Å². The van der Waals surface area contributed by atoms with E-state index in [1.807, 2.05) is 0 Å². The average molecular weight is 482 g/mol. The second-order valence-corrected chi connectivity index (χ2v) is 7.29. The standard InChI is InChI=1S/C24H17ClFN3O5/c25-17-9-3-1-7-15(17)23-28-21(29-34-23)13-33-24(31)16-8-2-6-12-20(16)32-14-22(30)27-19-11-5-4-10-18(19)26/h1-12H,13-14H2,(H,27,30). The first-order chi connectivity index (χ1) is 16.5. The maximum absolute atomic E-state index is 13.7. The van der Waals surface area contributed by atoms with Crippen LogP contribution in [0.3, 0.4) is 0 Å². The zero-order valence-electron chi connectivity index (χ0n) is 17.5. The minimum atomic E-state index is -0.714. The van der Waals surface area contributed by atoms with Crippen molar-refractivity contribution < 1.29 is 28.0 Å². The lowest BCUT2D eigenvalue weighted by molar-refractivity contribution is -0.118. The Balaban J connectivity index is 1.36. The van der Waals surface area contributed by atoms with Gasteiger partial charge in [0.25, 0.3) is 11.8 Å². The number of hydrogen-bond donors (Lipinski definition) is 1. The zero-order chi connectivity index (χ0) is 23.9. The molecule has 172 valence electrons. The number of carbonyl (C=O) groups excluding carboxylic acids is 2. The molecule has 0 aliphatic carbocycles. The summed E-state index contributed by atoms with van der Waals surface area (Å²) in [5.41, 5.74) is 0.678. The second-order valence-electron chi connectivity index (χ2n) is 6.88. The van der Waals surface area contributed by atoms with E-state index < -0.39 is 24.3 Å². The van der Waals surface area contributed by atoms with Crippen LogP contribution in [0.15, 0.2) is 77.3 Å². The van der Waals surface area contributed by atoms with Gasteiger partial charge in [-0.05, 0) is 36.4 Å². The highest BCUT2D eigenvalue weighted by Gasteiger charge is 2.18. The number of carbonyl (C=O) groups is 2. The molecule has 10 heteroatoms. The number of nitrogens with one attached hydrogen (secondary N) is 1. The first kappa shape index (κ1) is 22.9. The van der Waals surface area contributed by atoms with Crippen LogP contribution in [-0.4, -0.2) is 28.6 Å². The molecule has 0 spiro atoms. The molecule has 0 aliphatic rings. The van der Waals surface area contributed by atoms with Crippen LogP contribution in [-0.2, 0) is 16.1 Å². The molecule has 8 nitrogen and oxygen atoms in total. The van der Waals surface area contributed by atoms with Gasteiger partial charge in [-0.3, -0.25) is 4.79 Å². The zero-order valence-corrected chi connectivity index (χ0v) is 18.3. The van der Waals surface area contributed by atoms with Crippen LogP contribution in [0.1, 0.15) is 16.2 Å². The first-order valence-corrected chi connectivity index (χ1v) is 10.4. The van der Waals surface area contributed by atoms with Crippen molar-refractivity contribution in [1.29, 1.82) is 0 Å². The molecular weight excluding hydrogens is 465 g/mol. The molecule has 3 aromatic carbocycles. The Morgan fingerprint density at radius 2 is 1.74 bits per heavy atom. The van der Waals surface area contributed by atoms with Gasteiger partial charge < -0.3 is 19.3 Å². The maximum atomic E-state index is 13.7. The number of rotatable bonds is 8. The molecule has 1 N–H and O–H groups in total. The maximum Gasteiger partial charge on any atom is 0.342 e. The Morgan fingerprint density at radius 3 is 2.56 bits per heavy atom. The topological polar surface area (TPSA) is 104 Å². The molecule has 0 saturated heterocycles. The van der Waals surface area contributed by atoms with Gasteiger partial charge in [0.2, 0.25) is 5.82 Å². The van der Waals surface area contributed by atoms with Gasteiger partial charge in [-0.2, -0.15) is 4.98 Å². The third kappa shape index (κ3) is 5.57. The summed E-state index contributed by atoms with van der Waals surface area (Å²) in [5, 5.41) is 6.64. The summed E-state index contributed by atoms with van der Waals surface area (Å²) in [6.07, 6.45) is 0. The number of nitrogens with zero attached hydrogens (tertiary/aromatic N) is 2. The highest BCUT2D eigenvalue weighted by molar-refractivity contribution is 6.33. The summed E-state index contributed by atoms with van der Waals surface area (Å²) >= 11 is 6.12. The quantitative estimate of drug-likeness (QED) is 0.357. The molecule has 1 heterocycles. The van der Waals surface area contributed by atoms with Crippen molar-refractivity contribution in [3.63, 3.8) is 0 Å². The van der Waals surface area contributed by atoms with Crippen LogP contribution in [0.4, 0.5) is 10.1 Å². The number of anilines is 1. The lowest BCUT2D eigenvalue weighted by atomic mass is 10.2. The summed E-state index contributed by atoms with van der Waals surface area (Å²) in [4.78, 5) is 28.9.